The van der Waals surface area contributed by atoms with Gasteiger partial charge < -0.3 is 28.7 Å². The van der Waals surface area contributed by atoms with Crippen LogP contribution in [0, 0.1) is 58.2 Å². The lowest BCUT2D eigenvalue weighted by molar-refractivity contribution is 0.325. The smallest absolute Gasteiger partial charge is 0.529 e. The second-order valence-corrected chi connectivity index (χ2v) is 19.5. The maximum absolute atomic E-state index is 14.6. The third-order valence-electron chi connectivity index (χ3n) is 14.3. The molecule has 2 aliphatic rings. The summed E-state index contributed by atoms with van der Waals surface area (Å²) in [5.41, 5.74) is 7.36. The topological polar surface area (TPSA) is 174 Å². The van der Waals surface area contributed by atoms with Gasteiger partial charge in [-0.2, -0.15) is 29.0 Å². The Balaban J connectivity index is 0.000000132. The quantitative estimate of drug-likeness (QED) is 0.0666. The van der Waals surface area contributed by atoms with E-state index in [-0.39, 0.29) is 17.1 Å². The molecule has 0 saturated carbocycles. The first-order chi connectivity index (χ1) is 42.2. The number of phenolic OH excluding ortho intramolecular Hbond substituents is 1. The minimum atomic E-state index is -2.29. The standard InChI is InChI=1S/C30H13BF5N6O.C24H13BClN6.C6HF5O/c32-19-20(33)22(35)24(23(36)21(19)34)43-31-42-29-17-11-5-6-12-18(17)30(42)41-28-16-10-4-2-8-14(16)26(39-28)37-25-13-7-1-3-9-15(13)27(38-25)40-29;26-25-32-23-17-11-5-6-12-18(17)24(32)31-22-16-10-4-2-8-14(16)20(29-22)27-19-13-7-1-3-9-15(13)21(28-19)30-23;7-1-2(8)4(10)6(12)5(11)3(1)9/h1-12H,(H,37,38,39,40,41);1-12H,(H,27,28,29,30,31);12H. The highest BCUT2D eigenvalue weighted by molar-refractivity contribution is 6.93. The lowest BCUT2D eigenvalue weighted by Crippen LogP contribution is -2.18. The molecule has 87 heavy (non-hydrogen) atoms. The predicted molar refractivity (Wildman–Crippen MR) is 307 cm³/mol. The minimum Gasteiger partial charge on any atom is -0.538 e. The maximum atomic E-state index is 14.6. The molecule has 0 aliphatic carbocycles. The molecule has 0 fully saturated rings. The number of nitrogens with one attached hydrogen (secondary N) is 2. The molecule has 3 N–H and O–H groups in total. The Bertz CT molecular complexity index is 5300. The third kappa shape index (κ3) is 8.76. The van der Waals surface area contributed by atoms with Gasteiger partial charge in [-0.1, -0.05) is 146 Å². The SMILES string of the molecule is Cl[B]n1c2nc3nc(nc4[nH]c(nc1c1ccccc12)c1ccccc41)-c1ccccc1-3.Fc1c(F)c(F)c(O[B]n2c3nc4nc(nc5[nH]c(nc2c2ccccc23)c2ccccc52)-c2ccccc2-4)c(F)c1F.Oc1c(F)c(F)c(F)c(F)c1F. The van der Waals surface area contributed by atoms with Gasteiger partial charge >= 0.3 is 14.4 Å². The summed E-state index contributed by atoms with van der Waals surface area (Å²) in [4.78, 5) is 45.5. The summed E-state index contributed by atoms with van der Waals surface area (Å²) in [6.45, 7) is 1.48. The van der Waals surface area contributed by atoms with Gasteiger partial charge in [-0.05, 0) is 0 Å². The van der Waals surface area contributed by atoms with Crippen molar-refractivity contribution in [1.29, 1.82) is 0 Å². The number of phenols is 1. The van der Waals surface area contributed by atoms with Gasteiger partial charge in [0.15, 0.2) is 34.8 Å². The molecular formula is C60H27B2ClF10N12O2. The van der Waals surface area contributed by atoms with E-state index < -0.39 is 69.7 Å². The summed E-state index contributed by atoms with van der Waals surface area (Å²) in [5, 5.41) is 14.7. The van der Waals surface area contributed by atoms with Crippen molar-refractivity contribution < 1.29 is 53.7 Å². The zero-order chi connectivity index (χ0) is 60.1. The normalized spacial score (nSPS) is 11.7. The average Bonchev–Trinajstić information content (AvgIpc) is 2.36. The van der Waals surface area contributed by atoms with Gasteiger partial charge in [-0.25, -0.2) is 66.2 Å². The van der Waals surface area contributed by atoms with Gasteiger partial charge in [-0.15, -0.1) is 0 Å². The Labute approximate surface area is 485 Å². The van der Waals surface area contributed by atoms with Crippen molar-refractivity contribution >= 4 is 114 Å². The largest absolute Gasteiger partial charge is 0.538 e. The van der Waals surface area contributed by atoms with E-state index in [0.717, 1.165) is 51.2 Å². The Morgan fingerprint density at radius 3 is 0.977 bits per heavy atom. The number of aromatic nitrogens is 12. The van der Waals surface area contributed by atoms with E-state index in [0.29, 0.717) is 73.1 Å². The zero-order valence-corrected chi connectivity index (χ0v) is 44.3. The molecule has 422 valence electrons. The van der Waals surface area contributed by atoms with Crippen LogP contribution in [0.25, 0.3) is 134 Å². The van der Waals surface area contributed by atoms with E-state index in [9.17, 15) is 43.9 Å². The fraction of sp³-hybridized carbons (Fsp3) is 0. The molecule has 0 saturated heterocycles. The number of benzene rings is 8. The zero-order valence-electron chi connectivity index (χ0n) is 43.5. The molecule has 0 spiro atoms. The molecule has 6 aromatic heterocycles. The predicted octanol–water partition coefficient (Wildman–Crippen LogP) is 14.4. The van der Waals surface area contributed by atoms with Crippen LogP contribution in [0.3, 0.4) is 0 Å². The fourth-order valence-corrected chi connectivity index (χ4v) is 10.5. The molecule has 8 heterocycles. The summed E-state index contributed by atoms with van der Waals surface area (Å²) in [6.07, 6.45) is 0. The van der Waals surface area contributed by atoms with Crippen LogP contribution in [0.5, 0.6) is 11.5 Å². The van der Waals surface area contributed by atoms with Crippen LogP contribution in [-0.2, 0) is 0 Å². The van der Waals surface area contributed by atoms with Crippen molar-refractivity contribution in [2.24, 2.45) is 0 Å². The number of aromatic amines is 2. The molecule has 0 atom stereocenters. The molecule has 8 aromatic carbocycles. The van der Waals surface area contributed by atoms with Crippen molar-refractivity contribution in [3.05, 3.63) is 204 Å². The average molecular weight is 1200 g/mol. The van der Waals surface area contributed by atoms with E-state index in [1.54, 1.807) is 24.3 Å². The molecule has 14 aromatic rings. The number of fused-ring (bicyclic) bond motifs is 30. The highest BCUT2D eigenvalue weighted by Crippen LogP contribution is 2.39. The second-order valence-electron chi connectivity index (χ2n) is 19.3. The summed E-state index contributed by atoms with van der Waals surface area (Å²) in [6, 6.07) is 45.9. The summed E-state index contributed by atoms with van der Waals surface area (Å²) in [5.74, 6) is -23.3. The second kappa shape index (κ2) is 21.0. The van der Waals surface area contributed by atoms with Crippen molar-refractivity contribution in [3.63, 3.8) is 0 Å². The molecule has 2 aliphatic heterocycles. The van der Waals surface area contributed by atoms with Gasteiger partial charge in [0.2, 0.25) is 58.2 Å². The number of hydrogen-bond acceptors (Lipinski definition) is 10. The van der Waals surface area contributed by atoms with E-state index in [1.807, 2.05) is 126 Å². The van der Waals surface area contributed by atoms with E-state index in [1.165, 1.54) is 11.3 Å². The van der Waals surface area contributed by atoms with Crippen LogP contribution >= 0.6 is 11.5 Å². The van der Waals surface area contributed by atoms with E-state index in [4.69, 9.17) is 61.1 Å². The van der Waals surface area contributed by atoms with E-state index >= 15 is 0 Å². The first-order valence-electron chi connectivity index (χ1n) is 25.7. The molecular weight excluding hydrogens is 1170 g/mol. The van der Waals surface area contributed by atoms with Crippen molar-refractivity contribution in [1.82, 2.24) is 58.8 Å². The first-order valence-corrected chi connectivity index (χ1v) is 26.2. The number of rotatable bonds is 4. The van der Waals surface area contributed by atoms with Gasteiger partial charge in [0.05, 0.1) is 0 Å². The lowest BCUT2D eigenvalue weighted by atomic mass is 10.1. The van der Waals surface area contributed by atoms with Crippen LogP contribution in [0.1, 0.15) is 0 Å². The van der Waals surface area contributed by atoms with Crippen LogP contribution in [-0.4, -0.2) is 78.3 Å². The highest BCUT2D eigenvalue weighted by atomic mass is 35.5. The van der Waals surface area contributed by atoms with Crippen LogP contribution in [0.15, 0.2) is 146 Å². The van der Waals surface area contributed by atoms with Gasteiger partial charge in [0, 0.05) is 65.3 Å². The van der Waals surface area contributed by atoms with Crippen LogP contribution < -0.4 is 4.65 Å². The Kier molecular flexibility index (Phi) is 13.1. The summed E-state index contributed by atoms with van der Waals surface area (Å²) >= 11 is 6.34. The molecule has 14 nitrogen and oxygen atoms in total. The number of aromatic hydroxyl groups is 1. The van der Waals surface area contributed by atoms with Crippen molar-refractivity contribution in [2.45, 2.75) is 0 Å². The first kappa shape index (κ1) is 54.1. The van der Waals surface area contributed by atoms with E-state index in [2.05, 4.69) is 9.97 Å². The van der Waals surface area contributed by atoms with Crippen molar-refractivity contribution in [2.75, 3.05) is 0 Å². The maximum Gasteiger partial charge on any atom is 0.529 e. The van der Waals surface area contributed by atoms with Gasteiger partial charge in [-0.3, -0.25) is 0 Å². The number of nitrogens with zero attached hydrogens (tertiary/aromatic N) is 10. The molecule has 0 unspecified atom stereocenters. The Morgan fingerprint density at radius 1 is 0.333 bits per heavy atom. The number of halogens is 11. The molecule has 27 heteroatoms. The number of H-pyrrole nitrogens is 2. The molecule has 12 bridgehead atoms. The molecule has 0 amide bonds. The van der Waals surface area contributed by atoms with Crippen LogP contribution in [0.2, 0.25) is 0 Å². The summed E-state index contributed by atoms with van der Waals surface area (Å²) < 4.78 is 140. The minimum absolute atomic E-state index is 0.185. The van der Waals surface area contributed by atoms with Gasteiger partial charge in [0.25, 0.3) is 0 Å². The lowest BCUT2D eigenvalue weighted by Gasteiger charge is -2.10. The van der Waals surface area contributed by atoms with Crippen molar-refractivity contribution in [3.8, 4) is 57.1 Å². The Hall–Kier alpha value is -10.9. The molecule has 16 rings (SSSR count). The number of hydrogen-bond donors (Lipinski definition) is 3. The van der Waals surface area contributed by atoms with Crippen LogP contribution in [0.4, 0.5) is 43.9 Å². The van der Waals surface area contributed by atoms with Gasteiger partial charge in [0.1, 0.15) is 45.2 Å². The monoisotopic (exact) mass is 1190 g/mol. The molecule has 2 radical (unpaired) electrons. The summed E-state index contributed by atoms with van der Waals surface area (Å²) in [7, 11) is 0.810. The Morgan fingerprint density at radius 2 is 0.609 bits per heavy atom. The fourth-order valence-electron chi connectivity index (χ4n) is 10.3. The third-order valence-corrected chi connectivity index (χ3v) is 14.5. The highest BCUT2D eigenvalue weighted by Gasteiger charge is 2.30.